The Morgan fingerprint density at radius 1 is 1.42 bits per heavy atom. The molecule has 1 aliphatic carbocycles. The summed E-state index contributed by atoms with van der Waals surface area (Å²) in [6.45, 7) is 5.59. The first-order chi connectivity index (χ1) is 14.5. The highest BCUT2D eigenvalue weighted by molar-refractivity contribution is 8.06. The number of halogens is 3. The number of nitrogens with one attached hydrogen (secondary N) is 2. The van der Waals surface area contributed by atoms with Gasteiger partial charge < -0.3 is 9.88 Å². The third-order valence-electron chi connectivity index (χ3n) is 5.22. The summed E-state index contributed by atoms with van der Waals surface area (Å²) in [5.41, 5.74) is 4.17. The summed E-state index contributed by atoms with van der Waals surface area (Å²) >= 11 is 0. The smallest absolute Gasteiger partial charge is 0.371 e. The first-order valence-corrected chi connectivity index (χ1v) is 11.6. The summed E-state index contributed by atoms with van der Waals surface area (Å²) in [7, 11) is -2.66. The normalized spacial score (nSPS) is 20.0. The van der Waals surface area contributed by atoms with Crippen molar-refractivity contribution in [1.29, 1.82) is 5.41 Å². The highest BCUT2D eigenvalue weighted by atomic mass is 32.2. The fourth-order valence-corrected chi connectivity index (χ4v) is 4.67. The van der Waals surface area contributed by atoms with Crippen LogP contribution in [0.5, 0.6) is 0 Å². The lowest BCUT2D eigenvalue weighted by molar-refractivity contribution is -0.106. The second-order valence-corrected chi connectivity index (χ2v) is 9.64. The number of rotatable bonds is 8. The van der Waals surface area contributed by atoms with E-state index in [9.17, 15) is 21.6 Å². The number of allylic oxidation sites excluding steroid dienone is 3. The van der Waals surface area contributed by atoms with Crippen LogP contribution in [0.4, 0.5) is 13.2 Å². The molecule has 0 bridgehead atoms. The van der Waals surface area contributed by atoms with Gasteiger partial charge in [0.2, 0.25) is 0 Å². The molecule has 1 heterocycles. The third kappa shape index (κ3) is 6.74. The Morgan fingerprint density at radius 2 is 2.10 bits per heavy atom. The third-order valence-corrected chi connectivity index (χ3v) is 6.84. The second kappa shape index (κ2) is 10.2. The summed E-state index contributed by atoms with van der Waals surface area (Å²) in [5, 5.41) is 8.61. The first-order valence-electron chi connectivity index (χ1n) is 9.94. The number of alkyl halides is 3. The molecule has 0 unspecified atom stereocenters. The molecular weight excluding hydrogens is 427 g/mol. The van der Waals surface area contributed by atoms with Crippen LogP contribution in [-0.2, 0) is 9.84 Å². The van der Waals surface area contributed by atoms with Crippen molar-refractivity contribution in [2.45, 2.75) is 44.8 Å². The molecule has 0 radical (unpaired) electrons. The fourth-order valence-electron chi connectivity index (χ4n) is 3.57. The average molecular weight is 456 g/mol. The zero-order valence-electron chi connectivity index (χ0n) is 17.7. The molecule has 31 heavy (non-hydrogen) atoms. The van der Waals surface area contributed by atoms with E-state index in [0.29, 0.717) is 19.3 Å². The van der Waals surface area contributed by atoms with E-state index in [-0.39, 0.29) is 18.4 Å². The molecule has 0 aromatic carbocycles. The first kappa shape index (κ1) is 24.8. The lowest BCUT2D eigenvalue weighted by Crippen LogP contribution is -2.45. The van der Waals surface area contributed by atoms with Crippen LogP contribution in [0, 0.1) is 11.3 Å². The molecule has 9 heteroatoms. The molecule has 0 saturated heterocycles. The zero-order chi connectivity index (χ0) is 23.2. The number of hydrogen-bond donors (Lipinski definition) is 2. The van der Waals surface area contributed by atoms with Crippen LogP contribution in [0.25, 0.3) is 11.4 Å². The minimum absolute atomic E-state index is 0.106. The van der Waals surface area contributed by atoms with Gasteiger partial charge in [0.1, 0.15) is 5.04 Å². The largest absolute Gasteiger partial charge is 0.403 e. The molecule has 0 spiro atoms. The van der Waals surface area contributed by atoms with Crippen molar-refractivity contribution in [3.63, 3.8) is 0 Å². The van der Waals surface area contributed by atoms with E-state index in [2.05, 4.69) is 22.2 Å². The van der Waals surface area contributed by atoms with E-state index in [0.717, 1.165) is 16.3 Å². The van der Waals surface area contributed by atoms with Crippen molar-refractivity contribution < 1.29 is 21.6 Å². The molecule has 0 atom stereocenters. The van der Waals surface area contributed by atoms with Crippen molar-refractivity contribution in [2.75, 3.05) is 12.8 Å². The Balaban J connectivity index is 2.15. The monoisotopic (exact) mass is 455 g/mol. The van der Waals surface area contributed by atoms with Crippen LogP contribution in [0.15, 0.2) is 43.1 Å². The van der Waals surface area contributed by atoms with Gasteiger partial charge in [-0.15, -0.1) is 6.58 Å². The highest BCUT2D eigenvalue weighted by Crippen LogP contribution is 2.36. The Kier molecular flexibility index (Phi) is 8.14. The molecule has 1 aromatic heterocycles. The number of H-pyrrole nitrogens is 1. The van der Waals surface area contributed by atoms with Crippen LogP contribution in [0.3, 0.4) is 0 Å². The summed E-state index contributed by atoms with van der Waals surface area (Å²) in [4.78, 5) is 5.25. The van der Waals surface area contributed by atoms with Gasteiger partial charge in [0.05, 0.1) is 5.35 Å². The van der Waals surface area contributed by atoms with E-state index >= 15 is 0 Å². The number of nitrogens with zero attached hydrogens (tertiary/aromatic N) is 1. The standard InChI is InChI=1S/C22H28F3N3O2S/c1-4-6-7-9-19-18(10-11-27-19)20(8-5-2)28(3)17-12-16(13-17)14-21(26)31(29,30)15-22(23,24)25/h4-5,7-8,10-11,16-17,26-27H,1,6,12-15H2,2-3H3. The Morgan fingerprint density at radius 3 is 2.68 bits per heavy atom. The van der Waals surface area contributed by atoms with Gasteiger partial charge in [-0.2, -0.15) is 13.2 Å². The molecule has 2 rings (SSSR count). The summed E-state index contributed by atoms with van der Waals surface area (Å²) in [6.07, 6.45) is 6.30. The van der Waals surface area contributed by atoms with Gasteiger partial charge >= 0.3 is 6.18 Å². The second-order valence-electron chi connectivity index (χ2n) is 7.63. The average Bonchev–Trinajstić information content (AvgIpc) is 3.08. The van der Waals surface area contributed by atoms with Gasteiger partial charge in [-0.1, -0.05) is 17.9 Å². The molecule has 0 aliphatic heterocycles. The Hall–Kier alpha value is -2.51. The highest BCUT2D eigenvalue weighted by Gasteiger charge is 2.40. The van der Waals surface area contributed by atoms with E-state index in [4.69, 9.17) is 5.41 Å². The number of hydrogen-bond acceptors (Lipinski definition) is 4. The predicted molar refractivity (Wildman–Crippen MR) is 118 cm³/mol. The lowest BCUT2D eigenvalue weighted by Gasteiger charge is -2.43. The van der Waals surface area contributed by atoms with E-state index in [1.165, 1.54) is 0 Å². The lowest BCUT2D eigenvalue weighted by atomic mass is 9.77. The van der Waals surface area contributed by atoms with Crippen LogP contribution >= 0.6 is 0 Å². The SMILES string of the molecule is C=CCC=C=c1[nH]ccc1=C(C=CC)N(C)C1CC(CC(=N)S(=O)(=O)CC(F)(F)F)C1. The molecule has 170 valence electrons. The molecule has 1 fully saturated rings. The Labute approximate surface area is 180 Å². The van der Waals surface area contributed by atoms with Gasteiger partial charge in [0.25, 0.3) is 0 Å². The van der Waals surface area contributed by atoms with Crippen molar-refractivity contribution in [3.05, 3.63) is 53.7 Å². The molecule has 5 nitrogen and oxygen atoms in total. The van der Waals surface area contributed by atoms with Crippen molar-refractivity contribution >= 4 is 26.3 Å². The molecule has 0 amide bonds. The van der Waals surface area contributed by atoms with Crippen molar-refractivity contribution in [1.82, 2.24) is 9.88 Å². The van der Waals surface area contributed by atoms with Crippen LogP contribution in [-0.4, -0.2) is 48.4 Å². The molecule has 2 N–H and O–H groups in total. The van der Waals surface area contributed by atoms with Crippen molar-refractivity contribution in [2.24, 2.45) is 5.92 Å². The van der Waals surface area contributed by atoms with E-state index < -0.39 is 26.8 Å². The predicted octanol–water partition coefficient (Wildman–Crippen LogP) is 3.27. The maximum absolute atomic E-state index is 12.4. The maximum atomic E-state index is 12.4. The molecule has 1 aliphatic rings. The number of likely N-dealkylation sites (N-methyl/N-ethyl adjacent to an activating group) is 1. The van der Waals surface area contributed by atoms with Gasteiger partial charge in [0.15, 0.2) is 15.6 Å². The summed E-state index contributed by atoms with van der Waals surface area (Å²) in [6, 6.07) is 2.06. The van der Waals surface area contributed by atoms with Gasteiger partial charge in [-0.05, 0) is 50.3 Å². The number of aromatic amines is 1. The van der Waals surface area contributed by atoms with Crippen molar-refractivity contribution in [3.8, 4) is 0 Å². The fraction of sp³-hybridized carbons (Fsp3) is 0.455. The quantitative estimate of drug-likeness (QED) is 0.359. The molecule has 1 aromatic rings. The van der Waals surface area contributed by atoms with E-state index in [1.54, 1.807) is 6.08 Å². The van der Waals surface area contributed by atoms with Crippen LogP contribution < -0.4 is 10.6 Å². The Bertz CT molecular complexity index is 1090. The van der Waals surface area contributed by atoms with Crippen LogP contribution in [0.1, 0.15) is 32.6 Å². The minimum atomic E-state index is -4.84. The summed E-state index contributed by atoms with van der Waals surface area (Å²) < 4.78 is 60.8. The van der Waals surface area contributed by atoms with Gasteiger partial charge in [-0.3, -0.25) is 5.41 Å². The van der Waals surface area contributed by atoms with Gasteiger partial charge in [-0.25, -0.2) is 8.42 Å². The molecule has 1 saturated carbocycles. The zero-order valence-corrected chi connectivity index (χ0v) is 18.5. The minimum Gasteiger partial charge on any atom is -0.371 e. The van der Waals surface area contributed by atoms with E-state index in [1.807, 2.05) is 44.5 Å². The molecular formula is C22H28F3N3O2S. The number of aromatic nitrogens is 1. The van der Waals surface area contributed by atoms with Crippen LogP contribution in [0.2, 0.25) is 0 Å². The summed E-state index contributed by atoms with van der Waals surface area (Å²) in [5.74, 6) is -2.10. The maximum Gasteiger partial charge on any atom is 0.403 e. The van der Waals surface area contributed by atoms with Gasteiger partial charge in [0, 0.05) is 36.6 Å². The number of sulfone groups is 1. The topological polar surface area (TPSA) is 77.0 Å².